The van der Waals surface area contributed by atoms with E-state index < -0.39 is 35.6 Å². The zero-order valence-corrected chi connectivity index (χ0v) is 7.96. The molecule has 5 nitrogen and oxygen atoms in total. The average Bonchev–Trinajstić information content (AvgIpc) is 2.12. The van der Waals surface area contributed by atoms with Gasteiger partial charge in [-0.3, -0.25) is 9.59 Å². The van der Waals surface area contributed by atoms with Gasteiger partial charge in [0.1, 0.15) is 23.7 Å². The number of anilines is 1. The molecule has 0 radical (unpaired) electrons. The number of aliphatic carboxylic acids is 1. The first-order valence-corrected chi connectivity index (χ1v) is 4.16. The molecule has 16 heavy (non-hydrogen) atoms. The molecule has 0 heterocycles. The Hall–Kier alpha value is -2.18. The highest BCUT2D eigenvalue weighted by atomic mass is 19.1. The van der Waals surface area contributed by atoms with Crippen LogP contribution >= 0.6 is 0 Å². The van der Waals surface area contributed by atoms with Crippen LogP contribution in [0.1, 0.15) is 10.4 Å². The number of nitrogen functional groups attached to an aromatic ring is 1. The van der Waals surface area contributed by atoms with E-state index in [0.29, 0.717) is 0 Å². The van der Waals surface area contributed by atoms with E-state index in [1.807, 2.05) is 5.32 Å². The minimum Gasteiger partial charge on any atom is -0.480 e. The number of carboxylic acid groups (broad SMARTS) is 1. The molecule has 0 bridgehead atoms. The lowest BCUT2D eigenvalue weighted by atomic mass is 10.1. The standard InChI is InChI=1S/C9H8F2N2O3/c10-5-1-4(12)2-6(11)8(5)9(16)13-3-7(14)15/h1-2H,3,12H2,(H,13,16)(H,14,15). The summed E-state index contributed by atoms with van der Waals surface area (Å²) in [4.78, 5) is 21.3. The van der Waals surface area contributed by atoms with Gasteiger partial charge in [-0.25, -0.2) is 8.78 Å². The number of carbonyl (C=O) groups is 2. The molecule has 0 unspecified atom stereocenters. The van der Waals surface area contributed by atoms with Gasteiger partial charge in [-0.05, 0) is 12.1 Å². The number of carbonyl (C=O) groups excluding carboxylic acids is 1. The third-order valence-corrected chi connectivity index (χ3v) is 1.69. The molecule has 1 rings (SSSR count). The molecule has 1 aromatic rings. The van der Waals surface area contributed by atoms with Gasteiger partial charge in [-0.2, -0.15) is 0 Å². The maximum Gasteiger partial charge on any atom is 0.322 e. The van der Waals surface area contributed by atoms with Crippen LogP contribution < -0.4 is 11.1 Å². The highest BCUT2D eigenvalue weighted by molar-refractivity contribution is 5.96. The fourth-order valence-electron chi connectivity index (χ4n) is 1.05. The first-order valence-electron chi connectivity index (χ1n) is 4.16. The second-order valence-electron chi connectivity index (χ2n) is 2.94. The summed E-state index contributed by atoms with van der Waals surface area (Å²) < 4.78 is 26.3. The van der Waals surface area contributed by atoms with Gasteiger partial charge in [0.2, 0.25) is 0 Å². The predicted molar refractivity (Wildman–Crippen MR) is 50.7 cm³/mol. The summed E-state index contributed by atoms with van der Waals surface area (Å²) in [5.74, 6) is -4.73. The van der Waals surface area contributed by atoms with E-state index >= 15 is 0 Å². The van der Waals surface area contributed by atoms with Crippen molar-refractivity contribution in [3.8, 4) is 0 Å². The van der Waals surface area contributed by atoms with Crippen molar-refractivity contribution in [1.82, 2.24) is 5.32 Å². The number of nitrogens with one attached hydrogen (secondary N) is 1. The molecular formula is C9H8F2N2O3. The number of amides is 1. The highest BCUT2D eigenvalue weighted by Crippen LogP contribution is 2.16. The smallest absolute Gasteiger partial charge is 0.322 e. The van der Waals surface area contributed by atoms with Crippen molar-refractivity contribution >= 4 is 17.6 Å². The van der Waals surface area contributed by atoms with E-state index in [2.05, 4.69) is 0 Å². The number of halogens is 2. The topological polar surface area (TPSA) is 92.4 Å². The average molecular weight is 230 g/mol. The largest absolute Gasteiger partial charge is 0.480 e. The van der Waals surface area contributed by atoms with E-state index in [1.54, 1.807) is 0 Å². The van der Waals surface area contributed by atoms with Crippen LogP contribution in [0.3, 0.4) is 0 Å². The van der Waals surface area contributed by atoms with Gasteiger partial charge < -0.3 is 16.2 Å². The van der Waals surface area contributed by atoms with Gasteiger partial charge in [0.15, 0.2) is 0 Å². The Morgan fingerprint density at radius 2 is 1.81 bits per heavy atom. The zero-order chi connectivity index (χ0) is 12.3. The molecular weight excluding hydrogens is 222 g/mol. The van der Waals surface area contributed by atoms with E-state index in [1.165, 1.54) is 0 Å². The fraction of sp³-hybridized carbons (Fsp3) is 0.111. The number of hydrogen-bond acceptors (Lipinski definition) is 3. The molecule has 0 saturated heterocycles. The summed E-state index contributed by atoms with van der Waals surface area (Å²) in [6.45, 7) is -0.720. The number of carboxylic acids is 1. The van der Waals surface area contributed by atoms with Crippen LogP contribution in [0, 0.1) is 11.6 Å². The Bertz CT molecular complexity index is 425. The summed E-state index contributed by atoms with van der Waals surface area (Å²) in [5, 5.41) is 10.1. The van der Waals surface area contributed by atoms with Gasteiger partial charge in [0.25, 0.3) is 5.91 Å². The molecule has 1 amide bonds. The predicted octanol–water partition coefficient (Wildman–Crippen LogP) is 0.361. The Kier molecular flexibility index (Phi) is 3.39. The molecule has 86 valence electrons. The maximum atomic E-state index is 13.2. The van der Waals surface area contributed by atoms with E-state index in [4.69, 9.17) is 10.8 Å². The lowest BCUT2D eigenvalue weighted by molar-refractivity contribution is -0.135. The van der Waals surface area contributed by atoms with Crippen molar-refractivity contribution < 1.29 is 23.5 Å². The quantitative estimate of drug-likeness (QED) is 0.654. The molecule has 1 aromatic carbocycles. The first kappa shape index (κ1) is 11.9. The summed E-state index contributed by atoms with van der Waals surface area (Å²) in [6, 6.07) is 1.55. The fourth-order valence-corrected chi connectivity index (χ4v) is 1.05. The SMILES string of the molecule is Nc1cc(F)c(C(=O)NCC(=O)O)c(F)c1. The lowest BCUT2D eigenvalue weighted by Gasteiger charge is -2.05. The van der Waals surface area contributed by atoms with Gasteiger partial charge in [0.05, 0.1) is 0 Å². The number of rotatable bonds is 3. The van der Waals surface area contributed by atoms with Crippen LogP contribution in [0.5, 0.6) is 0 Å². The lowest BCUT2D eigenvalue weighted by Crippen LogP contribution is -2.30. The first-order chi connectivity index (χ1) is 7.41. The monoisotopic (exact) mass is 230 g/mol. The van der Waals surface area contributed by atoms with E-state index in [0.717, 1.165) is 12.1 Å². The second kappa shape index (κ2) is 4.56. The van der Waals surface area contributed by atoms with Crippen molar-refractivity contribution in [2.45, 2.75) is 0 Å². The molecule has 4 N–H and O–H groups in total. The number of nitrogens with two attached hydrogens (primary N) is 1. The van der Waals surface area contributed by atoms with Crippen LogP contribution in [0.25, 0.3) is 0 Å². The Labute approximate surface area is 88.9 Å². The molecule has 0 fully saturated rings. The third kappa shape index (κ3) is 2.66. The van der Waals surface area contributed by atoms with Crippen molar-refractivity contribution in [3.63, 3.8) is 0 Å². The maximum absolute atomic E-state index is 13.2. The summed E-state index contributed by atoms with van der Waals surface area (Å²) in [5.41, 5.74) is 4.13. The van der Waals surface area contributed by atoms with Gasteiger partial charge >= 0.3 is 5.97 Å². The molecule has 0 saturated carbocycles. The van der Waals surface area contributed by atoms with Crippen molar-refractivity contribution in [2.75, 3.05) is 12.3 Å². The van der Waals surface area contributed by atoms with Crippen LogP contribution in [-0.4, -0.2) is 23.5 Å². The molecule has 0 aliphatic heterocycles. The zero-order valence-electron chi connectivity index (χ0n) is 7.96. The summed E-state index contributed by atoms with van der Waals surface area (Å²) >= 11 is 0. The second-order valence-corrected chi connectivity index (χ2v) is 2.94. The highest BCUT2D eigenvalue weighted by Gasteiger charge is 2.18. The number of benzene rings is 1. The molecule has 7 heteroatoms. The van der Waals surface area contributed by atoms with E-state index in [9.17, 15) is 18.4 Å². The van der Waals surface area contributed by atoms with Crippen LogP contribution in [-0.2, 0) is 4.79 Å². The summed E-state index contributed by atoms with van der Waals surface area (Å²) in [7, 11) is 0. The Balaban J connectivity index is 2.95. The molecule has 0 aliphatic carbocycles. The van der Waals surface area contributed by atoms with E-state index in [-0.39, 0.29) is 5.69 Å². The van der Waals surface area contributed by atoms with Gasteiger partial charge in [0, 0.05) is 5.69 Å². The third-order valence-electron chi connectivity index (χ3n) is 1.69. The Morgan fingerprint density at radius 3 is 2.25 bits per heavy atom. The van der Waals surface area contributed by atoms with Crippen LogP contribution in [0.15, 0.2) is 12.1 Å². The normalized spacial score (nSPS) is 9.88. The van der Waals surface area contributed by atoms with Crippen molar-refractivity contribution in [2.24, 2.45) is 0 Å². The molecule has 0 spiro atoms. The van der Waals surface area contributed by atoms with Gasteiger partial charge in [-0.15, -0.1) is 0 Å². The summed E-state index contributed by atoms with van der Waals surface area (Å²) in [6.07, 6.45) is 0. The molecule has 0 aromatic heterocycles. The van der Waals surface area contributed by atoms with Crippen molar-refractivity contribution in [1.29, 1.82) is 0 Å². The minimum absolute atomic E-state index is 0.162. The van der Waals surface area contributed by atoms with Crippen LogP contribution in [0.4, 0.5) is 14.5 Å². The van der Waals surface area contributed by atoms with Gasteiger partial charge in [-0.1, -0.05) is 0 Å². The minimum atomic E-state index is -1.32. The molecule has 0 atom stereocenters. The number of hydrogen-bond donors (Lipinski definition) is 3. The van der Waals surface area contributed by atoms with Crippen molar-refractivity contribution in [3.05, 3.63) is 29.3 Å². The Morgan fingerprint density at radius 1 is 1.31 bits per heavy atom. The van der Waals surface area contributed by atoms with Crippen LogP contribution in [0.2, 0.25) is 0 Å². The molecule has 0 aliphatic rings.